The minimum Gasteiger partial charge on any atom is -0.484 e. The molecule has 3 N–H and O–H groups in total. The second-order valence-corrected chi connectivity index (χ2v) is 8.71. The molecule has 0 bridgehead atoms. The number of carbonyl (C=O) groups excluding carboxylic acids is 2. The zero-order valence-corrected chi connectivity index (χ0v) is 20.6. The van der Waals surface area contributed by atoms with E-state index in [9.17, 15) is 9.59 Å². The van der Waals surface area contributed by atoms with Crippen molar-refractivity contribution in [2.75, 3.05) is 13.2 Å². The van der Waals surface area contributed by atoms with E-state index in [0.717, 1.165) is 19.0 Å². The van der Waals surface area contributed by atoms with Gasteiger partial charge in [-0.3, -0.25) is 25.8 Å². The number of hydrogen-bond acceptors (Lipinski definition) is 5. The van der Waals surface area contributed by atoms with Crippen molar-refractivity contribution >= 4 is 76.9 Å². The van der Waals surface area contributed by atoms with Gasteiger partial charge in [0, 0.05) is 8.95 Å². The van der Waals surface area contributed by atoms with Crippen LogP contribution in [-0.2, 0) is 9.59 Å². The Morgan fingerprint density at radius 2 is 1.59 bits per heavy atom. The standard InChI is InChI=1S/C18H16Br3N3O4S/c1-10-6-12(20)7-14(21)17(10)28-8-15(25)22-18(29)24-23-16(26)9-27-13-4-2-11(19)3-5-13/h2-7H,8-9H2,1H3,(H,23,26)(H2,22,24,25,29). The van der Waals surface area contributed by atoms with Gasteiger partial charge in [-0.2, -0.15) is 0 Å². The Balaban J connectivity index is 1.69. The maximum absolute atomic E-state index is 12.0. The van der Waals surface area contributed by atoms with Crippen molar-refractivity contribution in [2.45, 2.75) is 6.92 Å². The molecule has 2 rings (SSSR count). The third-order valence-electron chi connectivity index (χ3n) is 3.29. The lowest BCUT2D eigenvalue weighted by molar-refractivity contribution is -0.124. The fourth-order valence-electron chi connectivity index (χ4n) is 2.05. The summed E-state index contributed by atoms with van der Waals surface area (Å²) < 4.78 is 13.4. The van der Waals surface area contributed by atoms with E-state index in [4.69, 9.17) is 21.7 Å². The van der Waals surface area contributed by atoms with Gasteiger partial charge in [-0.25, -0.2) is 0 Å². The van der Waals surface area contributed by atoms with E-state index in [1.165, 1.54) is 0 Å². The zero-order chi connectivity index (χ0) is 21.4. The molecule has 0 aliphatic carbocycles. The van der Waals surface area contributed by atoms with Crippen molar-refractivity contribution in [1.82, 2.24) is 16.2 Å². The van der Waals surface area contributed by atoms with Crippen molar-refractivity contribution in [1.29, 1.82) is 0 Å². The monoisotopic (exact) mass is 607 g/mol. The Morgan fingerprint density at radius 3 is 2.24 bits per heavy atom. The molecule has 2 aromatic carbocycles. The lowest BCUT2D eigenvalue weighted by Crippen LogP contribution is -2.50. The Hall–Kier alpha value is -1.69. The number of thiocarbonyl (C=S) groups is 1. The van der Waals surface area contributed by atoms with Gasteiger partial charge in [0.2, 0.25) is 0 Å². The summed E-state index contributed by atoms with van der Waals surface area (Å²) in [4.78, 5) is 23.7. The van der Waals surface area contributed by atoms with E-state index >= 15 is 0 Å². The number of ether oxygens (including phenoxy) is 2. The highest BCUT2D eigenvalue weighted by Gasteiger charge is 2.11. The summed E-state index contributed by atoms with van der Waals surface area (Å²) >= 11 is 15.0. The molecule has 7 nitrogen and oxygen atoms in total. The Morgan fingerprint density at radius 1 is 0.931 bits per heavy atom. The van der Waals surface area contributed by atoms with Crippen LogP contribution in [0.1, 0.15) is 5.56 Å². The van der Waals surface area contributed by atoms with Crippen LogP contribution in [0.25, 0.3) is 0 Å². The molecule has 0 atom stereocenters. The summed E-state index contributed by atoms with van der Waals surface area (Å²) in [6.45, 7) is 1.40. The molecule has 2 aromatic rings. The minimum absolute atomic E-state index is 0.0674. The van der Waals surface area contributed by atoms with Gasteiger partial charge in [0.15, 0.2) is 18.3 Å². The normalized spacial score (nSPS) is 10.1. The van der Waals surface area contributed by atoms with Gasteiger partial charge < -0.3 is 9.47 Å². The highest BCUT2D eigenvalue weighted by molar-refractivity contribution is 9.11. The van der Waals surface area contributed by atoms with Crippen LogP contribution in [0.3, 0.4) is 0 Å². The molecular formula is C18H16Br3N3O4S. The summed E-state index contributed by atoms with van der Waals surface area (Å²) in [5.41, 5.74) is 5.62. The maximum Gasteiger partial charge on any atom is 0.276 e. The number of halogens is 3. The van der Waals surface area contributed by atoms with Gasteiger partial charge >= 0.3 is 0 Å². The van der Waals surface area contributed by atoms with E-state index in [-0.39, 0.29) is 18.3 Å². The average molecular weight is 610 g/mol. The topological polar surface area (TPSA) is 88.7 Å². The summed E-state index contributed by atoms with van der Waals surface area (Å²) in [6, 6.07) is 10.7. The SMILES string of the molecule is Cc1cc(Br)cc(Br)c1OCC(=O)NC(=S)NNC(=O)COc1ccc(Br)cc1. The van der Waals surface area contributed by atoms with Gasteiger partial charge in [0.25, 0.3) is 11.8 Å². The van der Waals surface area contributed by atoms with Gasteiger partial charge in [0.05, 0.1) is 4.47 Å². The molecule has 0 spiro atoms. The van der Waals surface area contributed by atoms with E-state index < -0.39 is 11.8 Å². The first kappa shape index (κ1) is 23.6. The molecule has 29 heavy (non-hydrogen) atoms. The number of nitrogens with one attached hydrogen (secondary N) is 3. The van der Waals surface area contributed by atoms with Crippen molar-refractivity contribution in [3.63, 3.8) is 0 Å². The van der Waals surface area contributed by atoms with Gasteiger partial charge in [-0.15, -0.1) is 0 Å². The van der Waals surface area contributed by atoms with Crippen LogP contribution >= 0.6 is 60.0 Å². The van der Waals surface area contributed by atoms with Crippen molar-refractivity contribution in [2.24, 2.45) is 0 Å². The molecule has 0 aliphatic rings. The first-order chi connectivity index (χ1) is 13.7. The third-order valence-corrected chi connectivity index (χ3v) is 5.07. The number of amides is 2. The number of carbonyl (C=O) groups is 2. The Kier molecular flexibility index (Phi) is 9.34. The molecule has 0 radical (unpaired) electrons. The van der Waals surface area contributed by atoms with Gasteiger partial charge in [0.1, 0.15) is 11.5 Å². The highest BCUT2D eigenvalue weighted by atomic mass is 79.9. The van der Waals surface area contributed by atoms with Crippen molar-refractivity contribution in [3.05, 3.63) is 55.4 Å². The van der Waals surface area contributed by atoms with E-state index in [1.807, 2.05) is 19.1 Å². The fourth-order valence-corrected chi connectivity index (χ4v) is 4.03. The van der Waals surface area contributed by atoms with Crippen LogP contribution in [0.15, 0.2) is 49.8 Å². The molecule has 0 aromatic heterocycles. The van der Waals surface area contributed by atoms with Crippen molar-refractivity contribution in [3.8, 4) is 11.5 Å². The zero-order valence-electron chi connectivity index (χ0n) is 15.1. The fraction of sp³-hybridized carbons (Fsp3) is 0.167. The molecule has 11 heteroatoms. The van der Waals surface area contributed by atoms with Crippen LogP contribution in [-0.4, -0.2) is 30.1 Å². The summed E-state index contributed by atoms with van der Waals surface area (Å²) in [5, 5.41) is 2.34. The van der Waals surface area contributed by atoms with Crippen LogP contribution < -0.4 is 25.6 Å². The molecule has 0 saturated carbocycles. The number of hydrogen-bond donors (Lipinski definition) is 3. The predicted molar refractivity (Wildman–Crippen MR) is 124 cm³/mol. The van der Waals surface area contributed by atoms with Crippen molar-refractivity contribution < 1.29 is 19.1 Å². The second kappa shape index (κ2) is 11.5. The number of aryl methyl sites for hydroxylation is 1. The predicted octanol–water partition coefficient (Wildman–Crippen LogP) is 3.76. The summed E-state index contributed by atoms with van der Waals surface area (Å²) in [6.07, 6.45) is 0. The Labute approximate surface area is 198 Å². The molecule has 0 fully saturated rings. The average Bonchev–Trinajstić information content (AvgIpc) is 2.65. The number of rotatable bonds is 6. The number of benzene rings is 2. The van der Waals surface area contributed by atoms with E-state index in [1.54, 1.807) is 24.3 Å². The molecular weight excluding hydrogens is 594 g/mol. The summed E-state index contributed by atoms with van der Waals surface area (Å²) in [5.74, 6) is 0.165. The molecule has 154 valence electrons. The molecule has 0 unspecified atom stereocenters. The van der Waals surface area contributed by atoms with E-state index in [2.05, 4.69) is 64.0 Å². The molecule has 2 amide bonds. The summed E-state index contributed by atoms with van der Waals surface area (Å²) in [7, 11) is 0. The largest absolute Gasteiger partial charge is 0.484 e. The van der Waals surface area contributed by atoms with E-state index in [0.29, 0.717) is 11.5 Å². The smallest absolute Gasteiger partial charge is 0.276 e. The lowest BCUT2D eigenvalue weighted by Gasteiger charge is -2.13. The van der Waals surface area contributed by atoms with Gasteiger partial charge in [-0.05, 0) is 77.0 Å². The van der Waals surface area contributed by atoms with Crippen LogP contribution in [0, 0.1) is 6.92 Å². The third kappa shape index (κ3) is 8.29. The molecule has 0 saturated heterocycles. The van der Waals surface area contributed by atoms with Crippen LogP contribution in [0.5, 0.6) is 11.5 Å². The Bertz CT molecular complexity index is 887. The first-order valence-corrected chi connectivity index (χ1v) is 10.9. The number of hydrazine groups is 1. The second-order valence-electron chi connectivity index (χ2n) is 5.62. The minimum atomic E-state index is -0.475. The van der Waals surface area contributed by atoms with Crippen LogP contribution in [0.2, 0.25) is 0 Å². The maximum atomic E-state index is 12.0. The van der Waals surface area contributed by atoms with Crippen LogP contribution in [0.4, 0.5) is 0 Å². The first-order valence-electron chi connectivity index (χ1n) is 8.10. The van der Waals surface area contributed by atoms with Gasteiger partial charge in [-0.1, -0.05) is 31.9 Å². The molecule has 0 aliphatic heterocycles. The molecule has 0 heterocycles. The lowest BCUT2D eigenvalue weighted by atomic mass is 10.2. The quantitative estimate of drug-likeness (QED) is 0.342. The highest BCUT2D eigenvalue weighted by Crippen LogP contribution is 2.32.